The van der Waals surface area contributed by atoms with Crippen molar-refractivity contribution in [2.24, 2.45) is 7.05 Å². The first-order chi connectivity index (χ1) is 10.8. The molecule has 0 aliphatic carbocycles. The number of piperidine rings is 1. The van der Waals surface area contributed by atoms with E-state index in [9.17, 15) is 0 Å². The van der Waals surface area contributed by atoms with Crippen LogP contribution in [0.2, 0.25) is 0 Å². The summed E-state index contributed by atoms with van der Waals surface area (Å²) in [6, 6.07) is 9.36. The van der Waals surface area contributed by atoms with Crippen molar-refractivity contribution < 1.29 is 0 Å². The van der Waals surface area contributed by atoms with Crippen molar-refractivity contribution in [3.05, 3.63) is 45.9 Å². The van der Waals surface area contributed by atoms with Crippen LogP contribution in [0.3, 0.4) is 0 Å². The predicted molar refractivity (Wildman–Crippen MR) is 90.8 cm³/mol. The van der Waals surface area contributed by atoms with Gasteiger partial charge in [0.2, 0.25) is 0 Å². The Morgan fingerprint density at radius 1 is 1.41 bits per heavy atom. The number of rotatable bonds is 5. The lowest BCUT2D eigenvalue weighted by atomic mass is 9.97. The molecule has 0 radical (unpaired) electrons. The molecule has 22 heavy (non-hydrogen) atoms. The average molecular weight is 313 g/mol. The summed E-state index contributed by atoms with van der Waals surface area (Å²) >= 11 is 1.87. The van der Waals surface area contributed by atoms with E-state index in [1.807, 2.05) is 29.0 Å². The van der Waals surface area contributed by atoms with Gasteiger partial charge in [-0.1, -0.05) is 12.5 Å². The van der Waals surface area contributed by atoms with Gasteiger partial charge in [-0.25, -0.2) is 0 Å². The summed E-state index contributed by atoms with van der Waals surface area (Å²) in [5.41, 5.74) is 2.02. The predicted octanol–water partition coefficient (Wildman–Crippen LogP) is 3.95. The Hall–Kier alpha value is -1.57. The highest BCUT2D eigenvalue weighted by atomic mass is 32.1. The van der Waals surface area contributed by atoms with Gasteiger partial charge in [0.05, 0.1) is 0 Å². The highest BCUT2D eigenvalue weighted by Gasteiger charge is 2.22. The summed E-state index contributed by atoms with van der Waals surface area (Å²) in [6.07, 6.45) is 8.50. The molecule has 2 aromatic rings. The van der Waals surface area contributed by atoms with Crippen molar-refractivity contribution in [2.75, 3.05) is 6.54 Å². The molecule has 1 aliphatic heterocycles. The minimum Gasteiger partial charge on any atom is -0.342 e. The fraction of sp³-hybridized carbons (Fsp3) is 0.500. The Morgan fingerprint density at radius 2 is 2.32 bits per heavy atom. The summed E-state index contributed by atoms with van der Waals surface area (Å²) in [7, 11) is 1.95. The van der Waals surface area contributed by atoms with E-state index < -0.39 is 0 Å². The van der Waals surface area contributed by atoms with Crippen molar-refractivity contribution >= 4 is 11.3 Å². The van der Waals surface area contributed by atoms with Crippen LogP contribution in [-0.4, -0.2) is 22.1 Å². The third-order valence-corrected chi connectivity index (χ3v) is 5.55. The molecule has 3 rings (SSSR count). The lowest BCUT2D eigenvalue weighted by molar-refractivity contribution is 0.132. The largest absolute Gasteiger partial charge is 0.342 e. The second-order valence-corrected chi connectivity index (χ2v) is 7.23. The fourth-order valence-electron chi connectivity index (χ4n) is 3.42. The van der Waals surface area contributed by atoms with Gasteiger partial charge in [-0.3, -0.25) is 4.90 Å². The van der Waals surface area contributed by atoms with Crippen molar-refractivity contribution in [2.45, 2.75) is 44.7 Å². The summed E-state index contributed by atoms with van der Waals surface area (Å²) in [5.74, 6) is 0. The number of likely N-dealkylation sites (tertiary alicyclic amines) is 1. The monoisotopic (exact) mass is 313 g/mol. The molecule has 3 nitrogen and oxygen atoms in total. The van der Waals surface area contributed by atoms with E-state index >= 15 is 0 Å². The molecule has 0 saturated carbocycles. The zero-order chi connectivity index (χ0) is 15.4. The smallest absolute Gasteiger partial charge is 0.120 e. The van der Waals surface area contributed by atoms with Crippen molar-refractivity contribution in [1.29, 1.82) is 5.26 Å². The number of hydrogen-bond donors (Lipinski definition) is 0. The van der Waals surface area contributed by atoms with Crippen LogP contribution in [0.15, 0.2) is 29.8 Å². The number of nitrogens with zero attached hydrogens (tertiary/aromatic N) is 3. The third-order valence-electron chi connectivity index (χ3n) is 4.61. The molecule has 0 N–H and O–H groups in total. The Bertz CT molecular complexity index is 636. The number of aromatic nitrogens is 1. The molecule has 4 heteroatoms. The van der Waals surface area contributed by atoms with Gasteiger partial charge >= 0.3 is 0 Å². The number of hydrogen-bond acceptors (Lipinski definition) is 3. The molecule has 0 amide bonds. The van der Waals surface area contributed by atoms with Crippen molar-refractivity contribution in [1.82, 2.24) is 9.47 Å². The molecule has 0 aromatic carbocycles. The molecule has 2 aromatic heterocycles. The van der Waals surface area contributed by atoms with Crippen LogP contribution < -0.4 is 0 Å². The summed E-state index contributed by atoms with van der Waals surface area (Å²) in [6.45, 7) is 2.16. The molecule has 0 bridgehead atoms. The van der Waals surface area contributed by atoms with Gasteiger partial charge in [0.25, 0.3) is 0 Å². The Balaban J connectivity index is 1.63. The topological polar surface area (TPSA) is 32.0 Å². The van der Waals surface area contributed by atoms with Gasteiger partial charge in [-0.15, -0.1) is 11.3 Å². The molecule has 1 saturated heterocycles. The van der Waals surface area contributed by atoms with Crippen LogP contribution in [0.25, 0.3) is 0 Å². The number of thiophene rings is 1. The maximum absolute atomic E-state index is 9.10. The van der Waals surface area contributed by atoms with Crippen LogP contribution in [0.5, 0.6) is 0 Å². The Kier molecular flexibility index (Phi) is 4.97. The molecule has 1 atom stereocenters. The van der Waals surface area contributed by atoms with E-state index in [-0.39, 0.29) is 0 Å². The average Bonchev–Trinajstić information content (AvgIpc) is 3.16. The summed E-state index contributed by atoms with van der Waals surface area (Å²) < 4.78 is 1.93. The van der Waals surface area contributed by atoms with Crippen LogP contribution in [-0.2, 0) is 20.0 Å². The molecule has 1 unspecified atom stereocenters. The summed E-state index contributed by atoms with van der Waals surface area (Å²) in [5, 5.41) is 11.3. The third kappa shape index (κ3) is 3.60. The summed E-state index contributed by atoms with van der Waals surface area (Å²) in [4.78, 5) is 4.12. The second-order valence-electron chi connectivity index (χ2n) is 6.19. The van der Waals surface area contributed by atoms with Gasteiger partial charge in [-0.05, 0) is 55.3 Å². The van der Waals surface area contributed by atoms with E-state index in [0.29, 0.717) is 6.04 Å². The Labute approximate surface area is 136 Å². The lowest BCUT2D eigenvalue weighted by Gasteiger charge is -2.35. The Morgan fingerprint density at radius 3 is 3.05 bits per heavy atom. The SMILES string of the molecule is Cn1cc(CN2CCCCC2CCc2cccs2)cc1C#N. The van der Waals surface area contributed by atoms with Crippen LogP contribution in [0.4, 0.5) is 0 Å². The van der Waals surface area contributed by atoms with E-state index in [1.54, 1.807) is 0 Å². The first kappa shape index (κ1) is 15.3. The van der Waals surface area contributed by atoms with E-state index in [2.05, 4.69) is 34.7 Å². The van der Waals surface area contributed by atoms with Gasteiger partial charge in [0.1, 0.15) is 11.8 Å². The second kappa shape index (κ2) is 7.13. The van der Waals surface area contributed by atoms with E-state index in [4.69, 9.17) is 5.26 Å². The molecule has 1 fully saturated rings. The van der Waals surface area contributed by atoms with Crippen LogP contribution in [0.1, 0.15) is 41.8 Å². The molecular weight excluding hydrogens is 290 g/mol. The number of nitriles is 1. The molecule has 0 spiro atoms. The number of aryl methyl sites for hydroxylation is 2. The standard InChI is InChI=1S/C18H23N3S/c1-20-13-15(11-17(20)12-19)14-21-9-3-2-5-16(21)7-8-18-6-4-10-22-18/h4,6,10-11,13,16H,2-3,5,7-9,14H2,1H3. The zero-order valence-electron chi connectivity index (χ0n) is 13.2. The maximum Gasteiger partial charge on any atom is 0.120 e. The zero-order valence-corrected chi connectivity index (χ0v) is 14.0. The van der Waals surface area contributed by atoms with Gasteiger partial charge in [0, 0.05) is 30.7 Å². The van der Waals surface area contributed by atoms with E-state index in [0.717, 1.165) is 12.2 Å². The van der Waals surface area contributed by atoms with Crippen molar-refractivity contribution in [3.63, 3.8) is 0 Å². The molecule has 116 valence electrons. The maximum atomic E-state index is 9.10. The normalized spacial score (nSPS) is 19.2. The lowest BCUT2D eigenvalue weighted by Crippen LogP contribution is -2.39. The van der Waals surface area contributed by atoms with Crippen LogP contribution >= 0.6 is 11.3 Å². The molecule has 3 heterocycles. The first-order valence-electron chi connectivity index (χ1n) is 8.08. The quantitative estimate of drug-likeness (QED) is 0.837. The first-order valence-corrected chi connectivity index (χ1v) is 8.96. The minimum atomic E-state index is 0.682. The van der Waals surface area contributed by atoms with Gasteiger partial charge < -0.3 is 4.57 Å². The van der Waals surface area contributed by atoms with Gasteiger partial charge in [-0.2, -0.15) is 5.26 Å². The minimum absolute atomic E-state index is 0.682. The molecule has 1 aliphatic rings. The molecular formula is C18H23N3S. The highest BCUT2D eigenvalue weighted by Crippen LogP contribution is 2.24. The fourth-order valence-corrected chi connectivity index (χ4v) is 4.15. The van der Waals surface area contributed by atoms with Gasteiger partial charge in [0.15, 0.2) is 0 Å². The van der Waals surface area contributed by atoms with Crippen molar-refractivity contribution in [3.8, 4) is 6.07 Å². The van der Waals surface area contributed by atoms with Crippen LogP contribution in [0, 0.1) is 11.3 Å². The van der Waals surface area contributed by atoms with E-state index in [1.165, 1.54) is 49.1 Å². The highest BCUT2D eigenvalue weighted by molar-refractivity contribution is 7.09.